The van der Waals surface area contributed by atoms with E-state index in [0.717, 1.165) is 4.31 Å². The maximum Gasteiger partial charge on any atom is 0.387 e. The van der Waals surface area contributed by atoms with Gasteiger partial charge < -0.3 is 15.0 Å². The summed E-state index contributed by atoms with van der Waals surface area (Å²) >= 11 is 0. The molecule has 0 bridgehead atoms. The highest BCUT2D eigenvalue weighted by Gasteiger charge is 2.19. The SMILES string of the molecule is CN(Cc1ccc(OC(F)F)cc1)C(=O)CNC(=O)c1cccc(S(=O)(=O)N(C)C)c1. The number of alkyl halides is 2. The van der Waals surface area contributed by atoms with Crippen molar-refractivity contribution in [3.05, 3.63) is 59.7 Å². The van der Waals surface area contributed by atoms with Gasteiger partial charge in [-0.05, 0) is 35.9 Å². The third-order valence-electron chi connectivity index (χ3n) is 4.27. The van der Waals surface area contributed by atoms with Crippen LogP contribution in [-0.4, -0.2) is 63.7 Å². The third kappa shape index (κ3) is 6.72. The van der Waals surface area contributed by atoms with Crippen LogP contribution in [0.2, 0.25) is 0 Å². The zero-order valence-electron chi connectivity index (χ0n) is 17.2. The molecule has 2 rings (SSSR count). The van der Waals surface area contributed by atoms with Crippen LogP contribution in [0.1, 0.15) is 15.9 Å². The monoisotopic (exact) mass is 455 g/mol. The van der Waals surface area contributed by atoms with E-state index in [-0.39, 0.29) is 29.3 Å². The van der Waals surface area contributed by atoms with E-state index in [0.29, 0.717) is 5.56 Å². The van der Waals surface area contributed by atoms with Crippen molar-refractivity contribution >= 4 is 21.8 Å². The molecule has 168 valence electrons. The van der Waals surface area contributed by atoms with Gasteiger partial charge in [-0.15, -0.1) is 0 Å². The number of carbonyl (C=O) groups excluding carboxylic acids is 2. The highest BCUT2D eigenvalue weighted by Crippen LogP contribution is 2.16. The maximum atomic E-state index is 12.3. The fourth-order valence-corrected chi connectivity index (χ4v) is 3.49. The summed E-state index contributed by atoms with van der Waals surface area (Å²) < 4.78 is 54.1. The van der Waals surface area contributed by atoms with Gasteiger partial charge in [-0.3, -0.25) is 9.59 Å². The molecule has 1 N–H and O–H groups in total. The fraction of sp³-hybridized carbons (Fsp3) is 0.300. The molecule has 31 heavy (non-hydrogen) atoms. The molecule has 8 nitrogen and oxygen atoms in total. The first kappa shape index (κ1) is 24.2. The van der Waals surface area contributed by atoms with Crippen molar-refractivity contribution in [2.24, 2.45) is 0 Å². The van der Waals surface area contributed by atoms with Gasteiger partial charge in [0.05, 0.1) is 11.4 Å². The number of nitrogens with zero attached hydrogens (tertiary/aromatic N) is 2. The Labute approximate surface area is 179 Å². The molecular formula is C20H23F2N3O5S. The minimum absolute atomic E-state index is 0.0125. The van der Waals surface area contributed by atoms with Crippen LogP contribution in [0.4, 0.5) is 8.78 Å². The molecule has 0 fully saturated rings. The molecule has 0 heterocycles. The molecule has 11 heteroatoms. The molecule has 0 unspecified atom stereocenters. The Bertz CT molecular complexity index is 1030. The molecule has 0 aliphatic heterocycles. The first-order valence-electron chi connectivity index (χ1n) is 9.09. The van der Waals surface area contributed by atoms with Crippen molar-refractivity contribution in [3.63, 3.8) is 0 Å². The van der Waals surface area contributed by atoms with Gasteiger partial charge in [0.25, 0.3) is 5.91 Å². The van der Waals surface area contributed by atoms with E-state index in [1.807, 2.05) is 0 Å². The average molecular weight is 455 g/mol. The number of nitrogens with one attached hydrogen (secondary N) is 1. The van der Waals surface area contributed by atoms with E-state index in [2.05, 4.69) is 10.1 Å². The number of ether oxygens (including phenoxy) is 1. The minimum atomic E-state index is -3.69. The van der Waals surface area contributed by atoms with Crippen LogP contribution in [0.15, 0.2) is 53.4 Å². The van der Waals surface area contributed by atoms with E-state index < -0.39 is 28.4 Å². The summed E-state index contributed by atoms with van der Waals surface area (Å²) in [5, 5.41) is 2.46. The molecule has 0 radical (unpaired) electrons. The number of halogens is 2. The first-order chi connectivity index (χ1) is 14.5. The number of sulfonamides is 1. The van der Waals surface area contributed by atoms with E-state index in [1.165, 1.54) is 62.4 Å². The molecule has 0 saturated heterocycles. The Morgan fingerprint density at radius 2 is 1.71 bits per heavy atom. The second kappa shape index (κ2) is 10.3. The van der Waals surface area contributed by atoms with Crippen molar-refractivity contribution in [3.8, 4) is 5.75 Å². The molecule has 2 aromatic rings. The second-order valence-electron chi connectivity index (χ2n) is 6.77. The summed E-state index contributed by atoms with van der Waals surface area (Å²) in [6.07, 6.45) is 0. The largest absolute Gasteiger partial charge is 0.435 e. The van der Waals surface area contributed by atoms with Crippen LogP contribution < -0.4 is 10.1 Å². The Balaban J connectivity index is 1.94. The van der Waals surface area contributed by atoms with E-state index >= 15 is 0 Å². The van der Waals surface area contributed by atoms with Crippen molar-refractivity contribution in [1.82, 2.24) is 14.5 Å². The normalized spacial score (nSPS) is 11.5. The topological polar surface area (TPSA) is 96.0 Å². The number of amides is 2. The lowest BCUT2D eigenvalue weighted by Crippen LogP contribution is -2.37. The molecule has 0 aromatic heterocycles. The number of carbonyl (C=O) groups is 2. The van der Waals surface area contributed by atoms with Crippen LogP contribution in [0, 0.1) is 0 Å². The van der Waals surface area contributed by atoms with Crippen LogP contribution in [0.3, 0.4) is 0 Å². The average Bonchev–Trinajstić information content (AvgIpc) is 2.72. The van der Waals surface area contributed by atoms with Gasteiger partial charge in [0.15, 0.2) is 0 Å². The van der Waals surface area contributed by atoms with Gasteiger partial charge in [-0.1, -0.05) is 18.2 Å². The summed E-state index contributed by atoms with van der Waals surface area (Å²) in [7, 11) is 0.605. The number of likely N-dealkylation sites (N-methyl/N-ethyl adjacent to an activating group) is 1. The summed E-state index contributed by atoms with van der Waals surface area (Å²) in [5.41, 5.74) is 0.790. The highest BCUT2D eigenvalue weighted by molar-refractivity contribution is 7.89. The van der Waals surface area contributed by atoms with Crippen molar-refractivity contribution in [2.75, 3.05) is 27.7 Å². The predicted octanol–water partition coefficient (Wildman–Crippen LogP) is 1.93. The molecule has 0 spiro atoms. The number of hydrogen-bond acceptors (Lipinski definition) is 5. The Morgan fingerprint density at radius 1 is 1.06 bits per heavy atom. The number of benzene rings is 2. The van der Waals surface area contributed by atoms with Crippen molar-refractivity contribution in [1.29, 1.82) is 0 Å². The van der Waals surface area contributed by atoms with Crippen molar-refractivity contribution in [2.45, 2.75) is 18.1 Å². The van der Waals surface area contributed by atoms with Gasteiger partial charge in [0.2, 0.25) is 15.9 Å². The highest BCUT2D eigenvalue weighted by atomic mass is 32.2. The van der Waals surface area contributed by atoms with E-state index in [1.54, 1.807) is 12.1 Å². The molecule has 0 atom stereocenters. The maximum absolute atomic E-state index is 12.3. The summed E-state index contributed by atoms with van der Waals surface area (Å²) in [4.78, 5) is 26.0. The van der Waals surface area contributed by atoms with Gasteiger partial charge in [-0.25, -0.2) is 12.7 Å². The van der Waals surface area contributed by atoms with Gasteiger partial charge in [0, 0.05) is 33.3 Å². The van der Waals surface area contributed by atoms with E-state index in [9.17, 15) is 26.8 Å². The third-order valence-corrected chi connectivity index (χ3v) is 6.08. The summed E-state index contributed by atoms with van der Waals surface area (Å²) in [5.74, 6) is -0.970. The summed E-state index contributed by atoms with van der Waals surface area (Å²) in [6, 6.07) is 11.4. The first-order valence-corrected chi connectivity index (χ1v) is 10.5. The fourth-order valence-electron chi connectivity index (χ4n) is 2.54. The predicted molar refractivity (Wildman–Crippen MR) is 109 cm³/mol. The second-order valence-corrected chi connectivity index (χ2v) is 8.92. The smallest absolute Gasteiger partial charge is 0.387 e. The standard InChI is InChI=1S/C20H23F2N3O5S/c1-24(2)31(28,29)17-6-4-5-15(11-17)19(27)23-12-18(26)25(3)13-14-7-9-16(10-8-14)30-20(21)22/h4-11,20H,12-13H2,1-3H3,(H,23,27). The zero-order valence-corrected chi connectivity index (χ0v) is 18.0. The molecule has 0 saturated carbocycles. The van der Waals surface area contributed by atoms with Gasteiger partial charge in [0.1, 0.15) is 5.75 Å². The quantitative estimate of drug-likeness (QED) is 0.623. The lowest BCUT2D eigenvalue weighted by molar-refractivity contribution is -0.129. The number of hydrogen-bond donors (Lipinski definition) is 1. The Kier molecular flexibility index (Phi) is 8.06. The van der Waals surface area contributed by atoms with Gasteiger partial charge in [-0.2, -0.15) is 8.78 Å². The van der Waals surface area contributed by atoms with Crippen LogP contribution in [0.25, 0.3) is 0 Å². The Morgan fingerprint density at radius 3 is 2.29 bits per heavy atom. The minimum Gasteiger partial charge on any atom is -0.435 e. The van der Waals surface area contributed by atoms with Gasteiger partial charge >= 0.3 is 6.61 Å². The Hall–Kier alpha value is -3.05. The zero-order chi connectivity index (χ0) is 23.2. The molecule has 0 aliphatic rings. The lowest BCUT2D eigenvalue weighted by atomic mass is 10.2. The lowest BCUT2D eigenvalue weighted by Gasteiger charge is -2.18. The van der Waals surface area contributed by atoms with E-state index in [4.69, 9.17) is 0 Å². The molecule has 0 aliphatic carbocycles. The van der Waals surface area contributed by atoms with Crippen LogP contribution in [0.5, 0.6) is 5.75 Å². The molecular weight excluding hydrogens is 432 g/mol. The van der Waals surface area contributed by atoms with Crippen molar-refractivity contribution < 1.29 is 31.5 Å². The molecule has 2 aromatic carbocycles. The van der Waals surface area contributed by atoms with Crippen LogP contribution >= 0.6 is 0 Å². The molecule has 2 amide bonds. The number of rotatable bonds is 9. The van der Waals surface area contributed by atoms with Crippen LogP contribution in [-0.2, 0) is 21.4 Å². The summed E-state index contributed by atoms with van der Waals surface area (Å²) in [6.45, 7) is -3.02.